The molecule has 0 bridgehead atoms. The standard InChI is InChI=1S/C14H18N2/c1-14(2,3)13-6-4-5-10-7-11(8-15)16-9-12(10)13/h4-7,9H,8,15H2,1-3H3. The molecule has 0 spiro atoms. The first-order chi connectivity index (χ1) is 7.52. The molecule has 0 aliphatic rings. The summed E-state index contributed by atoms with van der Waals surface area (Å²) in [6.45, 7) is 7.16. The summed E-state index contributed by atoms with van der Waals surface area (Å²) in [5, 5.41) is 2.45. The second kappa shape index (κ2) is 3.87. The summed E-state index contributed by atoms with van der Waals surface area (Å²) in [5.41, 5.74) is 8.02. The Morgan fingerprint density at radius 3 is 2.62 bits per heavy atom. The Bertz CT molecular complexity index is 510. The number of rotatable bonds is 1. The molecule has 1 aromatic heterocycles. The number of hydrogen-bond acceptors (Lipinski definition) is 2. The van der Waals surface area contributed by atoms with E-state index in [-0.39, 0.29) is 5.41 Å². The maximum absolute atomic E-state index is 5.60. The van der Waals surface area contributed by atoms with Crippen molar-refractivity contribution in [3.63, 3.8) is 0 Å². The predicted octanol–water partition coefficient (Wildman–Crippen LogP) is 2.99. The Hall–Kier alpha value is -1.41. The van der Waals surface area contributed by atoms with Crippen LogP contribution in [-0.4, -0.2) is 4.98 Å². The highest BCUT2D eigenvalue weighted by molar-refractivity contribution is 5.86. The maximum Gasteiger partial charge on any atom is 0.0545 e. The van der Waals surface area contributed by atoms with Gasteiger partial charge in [0, 0.05) is 18.1 Å². The van der Waals surface area contributed by atoms with Crippen molar-refractivity contribution in [1.82, 2.24) is 4.98 Å². The van der Waals surface area contributed by atoms with Crippen molar-refractivity contribution >= 4 is 10.8 Å². The van der Waals surface area contributed by atoms with Crippen LogP contribution in [0.25, 0.3) is 10.8 Å². The molecular weight excluding hydrogens is 196 g/mol. The van der Waals surface area contributed by atoms with Gasteiger partial charge in [0.05, 0.1) is 5.69 Å². The van der Waals surface area contributed by atoms with Gasteiger partial charge in [-0.2, -0.15) is 0 Å². The van der Waals surface area contributed by atoms with Gasteiger partial charge < -0.3 is 5.73 Å². The lowest BCUT2D eigenvalue weighted by atomic mass is 9.84. The van der Waals surface area contributed by atoms with Crippen LogP contribution in [0.5, 0.6) is 0 Å². The van der Waals surface area contributed by atoms with Crippen LogP contribution < -0.4 is 5.73 Å². The van der Waals surface area contributed by atoms with Gasteiger partial charge in [-0.25, -0.2) is 0 Å². The molecule has 16 heavy (non-hydrogen) atoms. The van der Waals surface area contributed by atoms with E-state index in [2.05, 4.69) is 50.0 Å². The molecule has 0 aliphatic heterocycles. The Kier molecular flexibility index (Phi) is 2.68. The van der Waals surface area contributed by atoms with Gasteiger partial charge in [-0.3, -0.25) is 4.98 Å². The van der Waals surface area contributed by atoms with E-state index in [9.17, 15) is 0 Å². The molecule has 84 valence electrons. The molecule has 2 N–H and O–H groups in total. The second-order valence-electron chi connectivity index (χ2n) is 5.16. The number of fused-ring (bicyclic) bond motifs is 1. The van der Waals surface area contributed by atoms with E-state index < -0.39 is 0 Å². The smallest absolute Gasteiger partial charge is 0.0545 e. The third kappa shape index (κ3) is 1.93. The monoisotopic (exact) mass is 214 g/mol. The van der Waals surface area contributed by atoms with Crippen LogP contribution in [0.4, 0.5) is 0 Å². The SMILES string of the molecule is CC(C)(C)c1cccc2cc(CN)ncc12. The summed E-state index contributed by atoms with van der Waals surface area (Å²) in [5.74, 6) is 0. The van der Waals surface area contributed by atoms with Crippen LogP contribution in [0.3, 0.4) is 0 Å². The summed E-state index contributed by atoms with van der Waals surface area (Å²) < 4.78 is 0. The van der Waals surface area contributed by atoms with Crippen LogP contribution >= 0.6 is 0 Å². The highest BCUT2D eigenvalue weighted by Gasteiger charge is 2.16. The van der Waals surface area contributed by atoms with Gasteiger partial charge in [0.25, 0.3) is 0 Å². The van der Waals surface area contributed by atoms with E-state index in [0.717, 1.165) is 5.69 Å². The van der Waals surface area contributed by atoms with Gasteiger partial charge in [0.1, 0.15) is 0 Å². The average Bonchev–Trinajstić information content (AvgIpc) is 2.26. The molecule has 2 heteroatoms. The van der Waals surface area contributed by atoms with Crippen molar-refractivity contribution in [3.8, 4) is 0 Å². The zero-order valence-corrected chi connectivity index (χ0v) is 10.1. The Labute approximate surface area is 96.5 Å². The van der Waals surface area contributed by atoms with Gasteiger partial charge in [-0.05, 0) is 22.4 Å². The molecular formula is C14H18N2. The third-order valence-corrected chi connectivity index (χ3v) is 2.84. The lowest BCUT2D eigenvalue weighted by molar-refractivity contribution is 0.595. The first kappa shape index (κ1) is 11.1. The zero-order chi connectivity index (χ0) is 11.8. The number of nitrogens with zero attached hydrogens (tertiary/aromatic N) is 1. The lowest BCUT2D eigenvalue weighted by Gasteiger charge is -2.21. The third-order valence-electron chi connectivity index (χ3n) is 2.84. The highest BCUT2D eigenvalue weighted by Crippen LogP contribution is 2.29. The molecule has 0 amide bonds. The highest BCUT2D eigenvalue weighted by atomic mass is 14.7. The first-order valence-electron chi connectivity index (χ1n) is 5.60. The van der Waals surface area contributed by atoms with Crippen LogP contribution in [0.15, 0.2) is 30.5 Å². The maximum atomic E-state index is 5.60. The van der Waals surface area contributed by atoms with E-state index >= 15 is 0 Å². The van der Waals surface area contributed by atoms with Crippen LogP contribution in [-0.2, 0) is 12.0 Å². The van der Waals surface area contributed by atoms with Crippen molar-refractivity contribution in [2.75, 3.05) is 0 Å². The number of benzene rings is 1. The van der Waals surface area contributed by atoms with E-state index in [0.29, 0.717) is 6.54 Å². The summed E-state index contributed by atoms with van der Waals surface area (Å²) in [7, 11) is 0. The summed E-state index contributed by atoms with van der Waals surface area (Å²) in [4.78, 5) is 4.37. The Morgan fingerprint density at radius 2 is 2.00 bits per heavy atom. The molecule has 0 saturated carbocycles. The van der Waals surface area contributed by atoms with E-state index in [1.54, 1.807) is 0 Å². The van der Waals surface area contributed by atoms with Gasteiger partial charge >= 0.3 is 0 Å². The summed E-state index contributed by atoms with van der Waals surface area (Å²) in [6, 6.07) is 8.46. The minimum Gasteiger partial charge on any atom is -0.325 e. The molecule has 0 fully saturated rings. The molecule has 2 aromatic rings. The number of aromatic nitrogens is 1. The van der Waals surface area contributed by atoms with Gasteiger partial charge in [-0.15, -0.1) is 0 Å². The first-order valence-corrected chi connectivity index (χ1v) is 5.60. The van der Waals surface area contributed by atoms with Crippen LogP contribution in [0, 0.1) is 0 Å². The molecule has 0 radical (unpaired) electrons. The summed E-state index contributed by atoms with van der Waals surface area (Å²) in [6.07, 6.45) is 1.94. The Morgan fingerprint density at radius 1 is 1.25 bits per heavy atom. The lowest BCUT2D eigenvalue weighted by Crippen LogP contribution is -2.11. The molecule has 2 nitrogen and oxygen atoms in total. The summed E-state index contributed by atoms with van der Waals surface area (Å²) >= 11 is 0. The normalized spacial score (nSPS) is 12.0. The number of pyridine rings is 1. The van der Waals surface area contributed by atoms with Crippen LogP contribution in [0.1, 0.15) is 32.0 Å². The second-order valence-corrected chi connectivity index (χ2v) is 5.16. The van der Waals surface area contributed by atoms with Crippen molar-refractivity contribution in [2.45, 2.75) is 32.7 Å². The quantitative estimate of drug-likeness (QED) is 0.792. The fourth-order valence-electron chi connectivity index (χ4n) is 1.98. The molecule has 0 aliphatic carbocycles. The molecule has 0 saturated heterocycles. The van der Waals surface area contributed by atoms with E-state index in [1.807, 2.05) is 6.20 Å². The fraction of sp³-hybridized carbons (Fsp3) is 0.357. The largest absolute Gasteiger partial charge is 0.325 e. The van der Waals surface area contributed by atoms with Crippen molar-refractivity contribution < 1.29 is 0 Å². The molecule has 1 heterocycles. The van der Waals surface area contributed by atoms with Gasteiger partial charge in [0.2, 0.25) is 0 Å². The average molecular weight is 214 g/mol. The topological polar surface area (TPSA) is 38.9 Å². The van der Waals surface area contributed by atoms with Crippen molar-refractivity contribution in [3.05, 3.63) is 41.7 Å². The fourth-order valence-corrected chi connectivity index (χ4v) is 1.98. The van der Waals surface area contributed by atoms with Crippen molar-refractivity contribution in [1.29, 1.82) is 0 Å². The van der Waals surface area contributed by atoms with Crippen LogP contribution in [0.2, 0.25) is 0 Å². The number of nitrogens with two attached hydrogens (primary N) is 1. The number of hydrogen-bond donors (Lipinski definition) is 1. The molecule has 2 rings (SSSR count). The van der Waals surface area contributed by atoms with E-state index in [4.69, 9.17) is 5.73 Å². The minimum atomic E-state index is 0.144. The van der Waals surface area contributed by atoms with Crippen molar-refractivity contribution in [2.24, 2.45) is 5.73 Å². The van der Waals surface area contributed by atoms with E-state index in [1.165, 1.54) is 16.3 Å². The molecule has 0 atom stereocenters. The van der Waals surface area contributed by atoms with Gasteiger partial charge in [-0.1, -0.05) is 39.0 Å². The predicted molar refractivity (Wildman–Crippen MR) is 68.3 cm³/mol. The zero-order valence-electron chi connectivity index (χ0n) is 10.1. The Balaban J connectivity index is 2.70. The molecule has 1 aromatic carbocycles. The minimum absolute atomic E-state index is 0.144. The molecule has 0 unspecified atom stereocenters. The van der Waals surface area contributed by atoms with Gasteiger partial charge in [0.15, 0.2) is 0 Å².